The van der Waals surface area contributed by atoms with Crippen molar-refractivity contribution >= 4 is 11.5 Å². The van der Waals surface area contributed by atoms with Crippen molar-refractivity contribution < 1.29 is 5.21 Å². The Kier molecular flexibility index (Phi) is 4.79. The molecule has 1 aliphatic rings. The van der Waals surface area contributed by atoms with Gasteiger partial charge in [0.15, 0.2) is 5.84 Å². The van der Waals surface area contributed by atoms with E-state index in [1.807, 2.05) is 12.1 Å². The van der Waals surface area contributed by atoms with E-state index in [1.54, 1.807) is 6.20 Å². The number of hydrogen-bond donors (Lipinski definition) is 2. The summed E-state index contributed by atoms with van der Waals surface area (Å²) in [5, 5.41) is 11.7. The molecule has 1 aromatic heterocycles. The smallest absolute Gasteiger partial charge is 0.188 e. The number of nitrogens with zero attached hydrogens (tertiary/aromatic N) is 4. The summed E-state index contributed by atoms with van der Waals surface area (Å²) in [4.78, 5) is 8.94. The van der Waals surface area contributed by atoms with Crippen LogP contribution in [0.25, 0.3) is 0 Å². The Morgan fingerprint density at radius 3 is 2.95 bits per heavy atom. The van der Waals surface area contributed by atoms with E-state index in [0.717, 1.165) is 31.9 Å². The highest BCUT2D eigenvalue weighted by Gasteiger charge is 2.26. The van der Waals surface area contributed by atoms with Crippen LogP contribution in [0.15, 0.2) is 23.5 Å². The van der Waals surface area contributed by atoms with Crippen LogP contribution in [0.1, 0.15) is 26.0 Å². The minimum Gasteiger partial charge on any atom is -0.409 e. The van der Waals surface area contributed by atoms with Crippen molar-refractivity contribution in [2.75, 3.05) is 31.1 Å². The molecule has 1 atom stereocenters. The summed E-state index contributed by atoms with van der Waals surface area (Å²) in [6.45, 7) is 8.62. The molecular formula is C14H23N5O. The molecule has 0 spiro atoms. The average molecular weight is 277 g/mol. The third-order valence-corrected chi connectivity index (χ3v) is 3.97. The van der Waals surface area contributed by atoms with Crippen molar-refractivity contribution in [1.82, 2.24) is 9.88 Å². The second-order valence-corrected chi connectivity index (χ2v) is 4.99. The molecule has 3 N–H and O–H groups in total. The summed E-state index contributed by atoms with van der Waals surface area (Å²) in [5.41, 5.74) is 7.18. The van der Waals surface area contributed by atoms with Gasteiger partial charge in [0.25, 0.3) is 0 Å². The highest BCUT2D eigenvalue weighted by molar-refractivity contribution is 5.95. The maximum Gasteiger partial charge on any atom is 0.188 e. The van der Waals surface area contributed by atoms with Crippen LogP contribution in [0.5, 0.6) is 0 Å². The highest BCUT2D eigenvalue weighted by Crippen LogP contribution is 2.23. The minimum atomic E-state index is 0.0475. The first kappa shape index (κ1) is 14.6. The predicted molar refractivity (Wildman–Crippen MR) is 80.3 cm³/mol. The zero-order chi connectivity index (χ0) is 14.5. The summed E-state index contributed by atoms with van der Waals surface area (Å²) in [6, 6.07) is 4.45. The molecule has 0 aromatic carbocycles. The van der Waals surface area contributed by atoms with Crippen molar-refractivity contribution in [2.45, 2.75) is 26.3 Å². The molecule has 0 saturated carbocycles. The first-order valence-electron chi connectivity index (χ1n) is 7.12. The lowest BCUT2D eigenvalue weighted by atomic mass is 10.2. The standard InChI is InChI=1S/C14H23N5O/c1-3-18(4-2)12-6-8-19(10-12)11-5-7-16-13(9-11)14(15)17-20/h5,7,9,12,20H,3-4,6,8,10H2,1-2H3,(H2,15,17). The van der Waals surface area contributed by atoms with E-state index in [0.29, 0.717) is 11.7 Å². The lowest BCUT2D eigenvalue weighted by Crippen LogP contribution is -2.37. The topological polar surface area (TPSA) is 78.0 Å². The van der Waals surface area contributed by atoms with Crippen LogP contribution in [0.4, 0.5) is 5.69 Å². The number of aromatic nitrogens is 1. The normalized spacial score (nSPS) is 19.9. The molecule has 1 unspecified atom stereocenters. The zero-order valence-electron chi connectivity index (χ0n) is 12.2. The molecule has 0 radical (unpaired) electrons. The van der Waals surface area contributed by atoms with Gasteiger partial charge in [-0.2, -0.15) is 0 Å². The van der Waals surface area contributed by atoms with Gasteiger partial charge in [-0.25, -0.2) is 0 Å². The number of oxime groups is 1. The van der Waals surface area contributed by atoms with Gasteiger partial charge in [-0.05, 0) is 31.6 Å². The number of amidine groups is 1. The third-order valence-electron chi connectivity index (χ3n) is 3.97. The van der Waals surface area contributed by atoms with Crippen molar-refractivity contribution in [3.63, 3.8) is 0 Å². The van der Waals surface area contributed by atoms with E-state index in [9.17, 15) is 0 Å². The molecule has 110 valence electrons. The van der Waals surface area contributed by atoms with Gasteiger partial charge in [-0.1, -0.05) is 19.0 Å². The molecule has 6 nitrogen and oxygen atoms in total. The SMILES string of the molecule is CCN(CC)C1CCN(c2ccnc(C(N)=NO)c2)C1. The van der Waals surface area contributed by atoms with Crippen molar-refractivity contribution in [2.24, 2.45) is 10.9 Å². The van der Waals surface area contributed by atoms with E-state index in [2.05, 4.69) is 33.8 Å². The van der Waals surface area contributed by atoms with Crippen LogP contribution in [0.3, 0.4) is 0 Å². The lowest BCUT2D eigenvalue weighted by molar-refractivity contribution is 0.232. The van der Waals surface area contributed by atoms with Gasteiger partial charge in [0.1, 0.15) is 5.69 Å². The van der Waals surface area contributed by atoms with Crippen LogP contribution in [0, 0.1) is 0 Å². The number of anilines is 1. The Morgan fingerprint density at radius 2 is 2.30 bits per heavy atom. The maximum atomic E-state index is 8.73. The van der Waals surface area contributed by atoms with Crippen LogP contribution >= 0.6 is 0 Å². The molecule has 0 bridgehead atoms. The monoisotopic (exact) mass is 277 g/mol. The number of nitrogens with two attached hydrogens (primary N) is 1. The van der Waals surface area contributed by atoms with Crippen LogP contribution in [0.2, 0.25) is 0 Å². The number of likely N-dealkylation sites (N-methyl/N-ethyl adjacent to an activating group) is 1. The molecule has 2 rings (SSSR count). The number of rotatable bonds is 5. The van der Waals surface area contributed by atoms with Crippen LogP contribution in [-0.2, 0) is 0 Å². The first-order valence-corrected chi connectivity index (χ1v) is 7.12. The minimum absolute atomic E-state index is 0.0475. The van der Waals surface area contributed by atoms with Gasteiger partial charge in [0, 0.05) is 31.0 Å². The maximum absolute atomic E-state index is 8.73. The van der Waals surface area contributed by atoms with Gasteiger partial charge in [0.2, 0.25) is 0 Å². The van der Waals surface area contributed by atoms with Crippen molar-refractivity contribution in [1.29, 1.82) is 0 Å². The highest BCUT2D eigenvalue weighted by atomic mass is 16.4. The van der Waals surface area contributed by atoms with Crippen LogP contribution < -0.4 is 10.6 Å². The summed E-state index contributed by atoms with van der Waals surface area (Å²) < 4.78 is 0. The van der Waals surface area contributed by atoms with Crippen LogP contribution in [-0.4, -0.2) is 53.1 Å². The quantitative estimate of drug-likeness (QED) is 0.365. The summed E-state index contributed by atoms with van der Waals surface area (Å²) in [6.07, 6.45) is 2.87. The predicted octanol–water partition coefficient (Wildman–Crippen LogP) is 1.10. The second kappa shape index (κ2) is 6.56. The van der Waals surface area contributed by atoms with E-state index < -0.39 is 0 Å². The van der Waals surface area contributed by atoms with Gasteiger partial charge < -0.3 is 15.8 Å². The Hall–Kier alpha value is -1.82. The fraction of sp³-hybridized carbons (Fsp3) is 0.571. The molecule has 2 heterocycles. The van der Waals surface area contributed by atoms with Gasteiger partial charge in [0.05, 0.1) is 0 Å². The van der Waals surface area contributed by atoms with Crippen molar-refractivity contribution in [3.05, 3.63) is 24.0 Å². The van der Waals surface area contributed by atoms with Gasteiger partial charge >= 0.3 is 0 Å². The molecule has 1 aromatic rings. The molecular weight excluding hydrogens is 254 g/mol. The molecule has 0 amide bonds. The molecule has 1 saturated heterocycles. The Morgan fingerprint density at radius 1 is 1.55 bits per heavy atom. The molecule has 20 heavy (non-hydrogen) atoms. The molecule has 0 aliphatic carbocycles. The van der Waals surface area contributed by atoms with Gasteiger partial charge in [-0.3, -0.25) is 9.88 Å². The summed E-state index contributed by atoms with van der Waals surface area (Å²) in [5.74, 6) is 0.0475. The van der Waals surface area contributed by atoms with Crippen molar-refractivity contribution in [3.8, 4) is 0 Å². The zero-order valence-corrected chi connectivity index (χ0v) is 12.2. The second-order valence-electron chi connectivity index (χ2n) is 4.99. The molecule has 6 heteroatoms. The fourth-order valence-electron chi connectivity index (χ4n) is 2.82. The Bertz CT molecular complexity index is 472. The third kappa shape index (κ3) is 3.01. The van der Waals surface area contributed by atoms with Gasteiger partial charge in [-0.15, -0.1) is 0 Å². The van der Waals surface area contributed by atoms with E-state index in [4.69, 9.17) is 10.9 Å². The number of pyridine rings is 1. The average Bonchev–Trinajstić information content (AvgIpc) is 2.97. The van der Waals surface area contributed by atoms with E-state index in [-0.39, 0.29) is 5.84 Å². The summed E-state index contributed by atoms with van der Waals surface area (Å²) in [7, 11) is 0. The Balaban J connectivity index is 2.10. The Labute approximate surface area is 119 Å². The fourth-order valence-corrected chi connectivity index (χ4v) is 2.82. The summed E-state index contributed by atoms with van der Waals surface area (Å²) >= 11 is 0. The van der Waals surface area contributed by atoms with E-state index in [1.165, 1.54) is 6.42 Å². The lowest BCUT2D eigenvalue weighted by Gasteiger charge is -2.26. The van der Waals surface area contributed by atoms with E-state index >= 15 is 0 Å². The molecule has 1 fully saturated rings. The molecule has 1 aliphatic heterocycles. The first-order chi connectivity index (χ1) is 9.69. The number of hydrogen-bond acceptors (Lipinski definition) is 5. The largest absolute Gasteiger partial charge is 0.409 e.